The van der Waals surface area contributed by atoms with Gasteiger partial charge in [0.05, 0.1) is 29.6 Å². The Bertz CT molecular complexity index is 2090. The molecular weight excluding hydrogens is 704 g/mol. The van der Waals surface area contributed by atoms with Gasteiger partial charge in [0.2, 0.25) is 10.0 Å². The van der Waals surface area contributed by atoms with Crippen LogP contribution in [0.3, 0.4) is 0 Å². The number of carbonyl (C=O) groups excluding carboxylic acids is 1. The summed E-state index contributed by atoms with van der Waals surface area (Å²) in [5.41, 5.74) is 1.16. The van der Waals surface area contributed by atoms with Crippen molar-refractivity contribution >= 4 is 48.5 Å². The van der Waals surface area contributed by atoms with Gasteiger partial charge in [0.25, 0.3) is 5.91 Å². The van der Waals surface area contributed by atoms with Crippen LogP contribution in [0.5, 0.6) is 11.5 Å². The number of furan rings is 1. The first kappa shape index (κ1) is 32.6. The van der Waals surface area contributed by atoms with E-state index in [1.54, 1.807) is 30.3 Å². The summed E-state index contributed by atoms with van der Waals surface area (Å²) in [6, 6.07) is 19.2. The summed E-state index contributed by atoms with van der Waals surface area (Å²) in [5, 5.41) is 3.11. The maximum Gasteiger partial charge on any atom is 0.417 e. The molecule has 1 aromatic heterocycles. The lowest BCUT2D eigenvalue weighted by Gasteiger charge is -2.26. The van der Waals surface area contributed by atoms with Crippen molar-refractivity contribution in [3.63, 3.8) is 0 Å². The number of fused-ring (bicyclic) bond motifs is 1. The molecule has 0 bridgehead atoms. The van der Waals surface area contributed by atoms with Gasteiger partial charge in [0, 0.05) is 28.5 Å². The topological polar surface area (TPSA) is 88.8 Å². The monoisotopic (exact) mass is 730 g/mol. The van der Waals surface area contributed by atoms with Crippen molar-refractivity contribution in [2.75, 3.05) is 17.6 Å². The highest BCUT2D eigenvalue weighted by Crippen LogP contribution is 2.48. The smallest absolute Gasteiger partial charge is 0.417 e. The summed E-state index contributed by atoms with van der Waals surface area (Å²) < 4.78 is 93.6. The lowest BCUT2D eigenvalue weighted by molar-refractivity contribution is -0.138. The van der Waals surface area contributed by atoms with Gasteiger partial charge in [-0.3, -0.25) is 9.10 Å². The van der Waals surface area contributed by atoms with Gasteiger partial charge in [-0.2, -0.15) is 13.2 Å². The van der Waals surface area contributed by atoms with E-state index in [2.05, 4.69) is 21.2 Å². The number of benzene rings is 4. The zero-order valence-electron chi connectivity index (χ0n) is 25.0. The minimum Gasteiger partial charge on any atom is -0.457 e. The molecule has 7 nitrogen and oxygen atoms in total. The fourth-order valence-electron chi connectivity index (χ4n) is 5.39. The molecule has 0 atom stereocenters. The Morgan fingerprint density at radius 3 is 2.21 bits per heavy atom. The molecule has 1 saturated carbocycles. The lowest BCUT2D eigenvalue weighted by atomic mass is 10.00. The Balaban J connectivity index is 1.44. The molecule has 47 heavy (non-hydrogen) atoms. The molecule has 6 rings (SSSR count). The SMILES string of the molecule is CNC(=O)c1c(-c2ccc(Oc3ccc(F)cc3)cc2)oc2cc(N(Cc3ccc(Br)c(C(F)(F)F)c3)S(C)(=O)=O)c(C3CC3)cc12. The van der Waals surface area contributed by atoms with Crippen LogP contribution in [0.4, 0.5) is 23.2 Å². The molecule has 1 N–H and O–H groups in total. The van der Waals surface area contributed by atoms with Gasteiger partial charge in [-0.05, 0) is 96.6 Å². The van der Waals surface area contributed by atoms with Crippen LogP contribution < -0.4 is 14.4 Å². The first-order valence-corrected chi connectivity index (χ1v) is 17.1. The molecule has 1 fully saturated rings. The highest BCUT2D eigenvalue weighted by atomic mass is 79.9. The van der Waals surface area contributed by atoms with E-state index in [9.17, 15) is 30.8 Å². The molecule has 1 aliphatic rings. The first-order chi connectivity index (χ1) is 22.2. The van der Waals surface area contributed by atoms with E-state index in [1.165, 1.54) is 49.5 Å². The van der Waals surface area contributed by atoms with Gasteiger partial charge < -0.3 is 14.5 Å². The number of hydrogen-bond donors (Lipinski definition) is 1. The Labute approximate surface area is 276 Å². The van der Waals surface area contributed by atoms with Crippen molar-refractivity contribution in [1.82, 2.24) is 5.32 Å². The van der Waals surface area contributed by atoms with Crippen molar-refractivity contribution in [3.8, 4) is 22.8 Å². The third-order valence-electron chi connectivity index (χ3n) is 7.81. The molecule has 1 aliphatic carbocycles. The quantitative estimate of drug-likeness (QED) is 0.153. The van der Waals surface area contributed by atoms with Crippen molar-refractivity contribution in [2.24, 2.45) is 0 Å². The number of nitrogens with zero attached hydrogens (tertiary/aromatic N) is 1. The van der Waals surface area contributed by atoms with Gasteiger partial charge >= 0.3 is 6.18 Å². The van der Waals surface area contributed by atoms with Crippen LogP contribution in [0, 0.1) is 5.82 Å². The summed E-state index contributed by atoms with van der Waals surface area (Å²) in [6.07, 6.45) is -2.09. The number of sulfonamides is 1. The van der Waals surface area contributed by atoms with Crippen LogP contribution in [-0.4, -0.2) is 27.6 Å². The normalized spacial score (nSPS) is 13.5. The summed E-state index contributed by atoms with van der Waals surface area (Å²) in [7, 11) is -2.51. The second-order valence-corrected chi connectivity index (χ2v) is 14.0. The largest absolute Gasteiger partial charge is 0.457 e. The molecule has 0 radical (unpaired) electrons. The predicted octanol–water partition coefficient (Wildman–Crippen LogP) is 9.02. The number of hydrogen-bond acceptors (Lipinski definition) is 5. The molecule has 244 valence electrons. The van der Waals surface area contributed by atoms with Crippen LogP contribution in [0.2, 0.25) is 0 Å². The zero-order valence-corrected chi connectivity index (χ0v) is 27.4. The minimum absolute atomic E-state index is 0.00640. The number of amides is 1. The number of rotatable bonds is 9. The Morgan fingerprint density at radius 1 is 1.00 bits per heavy atom. The van der Waals surface area contributed by atoms with Crippen molar-refractivity contribution in [2.45, 2.75) is 31.5 Å². The van der Waals surface area contributed by atoms with Crippen molar-refractivity contribution in [1.29, 1.82) is 0 Å². The molecule has 5 aromatic rings. The van der Waals surface area contributed by atoms with E-state index in [-0.39, 0.29) is 45.1 Å². The molecule has 4 aromatic carbocycles. The van der Waals surface area contributed by atoms with Crippen LogP contribution in [-0.2, 0) is 22.7 Å². The highest BCUT2D eigenvalue weighted by molar-refractivity contribution is 9.10. The van der Waals surface area contributed by atoms with Crippen molar-refractivity contribution in [3.05, 3.63) is 111 Å². The van der Waals surface area contributed by atoms with E-state index in [4.69, 9.17) is 9.15 Å². The highest BCUT2D eigenvalue weighted by Gasteiger charge is 2.35. The standard InChI is InChI=1S/C34H27BrF4N2O5S/c1-40-33(42)31-26-16-25(20-4-5-20)29(41(47(2,43)44)18-19-3-14-28(35)27(15-19)34(37,38)39)17-30(26)46-32(31)21-6-10-23(11-7-21)45-24-12-8-22(36)9-13-24/h3,6-17,20H,4-5,18H2,1-2H3,(H,40,42). The maximum absolute atomic E-state index is 13.7. The third-order valence-corrected chi connectivity index (χ3v) is 9.62. The summed E-state index contributed by atoms with van der Waals surface area (Å²) in [6.45, 7) is -0.355. The van der Waals surface area contributed by atoms with Crippen molar-refractivity contribution < 1.29 is 39.9 Å². The average molecular weight is 732 g/mol. The van der Waals surface area contributed by atoms with E-state index in [0.29, 0.717) is 28.0 Å². The Kier molecular flexibility index (Phi) is 8.56. The van der Waals surface area contributed by atoms with Gasteiger partial charge in [-0.25, -0.2) is 12.8 Å². The summed E-state index contributed by atoms with van der Waals surface area (Å²) in [5.74, 6) is 0.308. The predicted molar refractivity (Wildman–Crippen MR) is 174 cm³/mol. The molecule has 0 aliphatic heterocycles. The maximum atomic E-state index is 13.7. The van der Waals surface area contributed by atoms with E-state index < -0.39 is 33.5 Å². The second-order valence-electron chi connectivity index (χ2n) is 11.2. The van der Waals surface area contributed by atoms with Crippen LogP contribution in [0.1, 0.15) is 45.8 Å². The first-order valence-electron chi connectivity index (χ1n) is 14.4. The zero-order chi connectivity index (χ0) is 33.7. The van der Waals surface area contributed by atoms with Gasteiger partial charge in [0.1, 0.15) is 28.7 Å². The average Bonchev–Trinajstić information content (AvgIpc) is 3.80. The number of nitrogens with one attached hydrogen (secondary N) is 1. The number of ether oxygens (including phenoxy) is 1. The molecular formula is C34H27BrF4N2O5S. The van der Waals surface area contributed by atoms with Gasteiger partial charge in [0.15, 0.2) is 0 Å². The number of carbonyl (C=O) groups is 1. The fourth-order valence-corrected chi connectivity index (χ4v) is 6.76. The molecule has 1 heterocycles. The molecule has 0 spiro atoms. The number of halogens is 5. The molecule has 1 amide bonds. The third kappa shape index (κ3) is 6.86. The summed E-state index contributed by atoms with van der Waals surface area (Å²) >= 11 is 2.93. The lowest BCUT2D eigenvalue weighted by Crippen LogP contribution is -2.30. The second kappa shape index (κ2) is 12.3. The molecule has 0 saturated heterocycles. The summed E-state index contributed by atoms with van der Waals surface area (Å²) in [4.78, 5) is 13.2. The van der Waals surface area contributed by atoms with E-state index in [0.717, 1.165) is 29.5 Å². The van der Waals surface area contributed by atoms with Crippen LogP contribution in [0.25, 0.3) is 22.3 Å². The van der Waals surface area contributed by atoms with E-state index >= 15 is 0 Å². The van der Waals surface area contributed by atoms with Gasteiger partial charge in [-0.15, -0.1) is 0 Å². The molecule has 13 heteroatoms. The van der Waals surface area contributed by atoms with E-state index in [1.807, 2.05) is 0 Å². The van der Waals surface area contributed by atoms with Crippen LogP contribution >= 0.6 is 15.9 Å². The molecule has 0 unspecified atom stereocenters. The number of alkyl halides is 3. The fraction of sp³-hybridized carbons (Fsp3) is 0.206. The minimum atomic E-state index is -4.64. The van der Waals surface area contributed by atoms with Gasteiger partial charge in [-0.1, -0.05) is 22.0 Å². The Morgan fingerprint density at radius 2 is 1.64 bits per heavy atom. The number of anilines is 1. The Hall–Kier alpha value is -4.36. The van der Waals surface area contributed by atoms with Crippen LogP contribution in [0.15, 0.2) is 87.8 Å².